The van der Waals surface area contributed by atoms with Crippen LogP contribution in [0.15, 0.2) is 71.6 Å². The van der Waals surface area contributed by atoms with Crippen LogP contribution in [0, 0.1) is 0 Å². The molecule has 0 atom stereocenters. The summed E-state index contributed by atoms with van der Waals surface area (Å²) in [6.07, 6.45) is 3.04. The first kappa shape index (κ1) is 22.5. The van der Waals surface area contributed by atoms with Crippen molar-refractivity contribution in [2.75, 3.05) is 18.4 Å². The van der Waals surface area contributed by atoms with Crippen molar-refractivity contribution in [1.29, 1.82) is 0 Å². The Bertz CT molecular complexity index is 1300. The summed E-state index contributed by atoms with van der Waals surface area (Å²) < 4.78 is 38.1. The highest BCUT2D eigenvalue weighted by molar-refractivity contribution is 7.92. The Morgan fingerprint density at radius 1 is 0.909 bits per heavy atom. The number of aryl methyl sites for hydroxylation is 2. The maximum atomic E-state index is 12.7. The number of hydrogen-bond donors (Lipinski definition) is 1. The number of benzene rings is 3. The van der Waals surface area contributed by atoms with Gasteiger partial charge in [0.25, 0.3) is 10.0 Å². The number of methoxy groups -OCH3 is 1. The third kappa shape index (κ3) is 5.23. The number of nitrogens with one attached hydrogen (secondary N) is 1. The summed E-state index contributed by atoms with van der Waals surface area (Å²) in [5.41, 5.74) is 3.31. The monoisotopic (exact) mass is 465 g/mol. The van der Waals surface area contributed by atoms with Gasteiger partial charge in [0.15, 0.2) is 12.4 Å². The van der Waals surface area contributed by atoms with Gasteiger partial charge in [0, 0.05) is 11.3 Å². The van der Waals surface area contributed by atoms with E-state index in [0.29, 0.717) is 17.0 Å². The fourth-order valence-corrected chi connectivity index (χ4v) is 4.81. The molecular weight excluding hydrogens is 442 g/mol. The van der Waals surface area contributed by atoms with Crippen molar-refractivity contribution in [3.05, 3.63) is 89.0 Å². The number of rotatable bonds is 8. The molecule has 1 aliphatic rings. The fraction of sp³-hybridized carbons (Fsp3) is 0.200. The van der Waals surface area contributed by atoms with Gasteiger partial charge in [-0.15, -0.1) is 0 Å². The number of hydrogen-bond acceptors (Lipinski definition) is 6. The highest BCUT2D eigenvalue weighted by Gasteiger charge is 2.19. The predicted octanol–water partition coefficient (Wildman–Crippen LogP) is 4.02. The maximum absolute atomic E-state index is 12.7. The van der Waals surface area contributed by atoms with Crippen molar-refractivity contribution < 1.29 is 27.5 Å². The van der Waals surface area contributed by atoms with Crippen LogP contribution in [-0.2, 0) is 27.6 Å². The van der Waals surface area contributed by atoms with Crippen LogP contribution >= 0.6 is 0 Å². The van der Waals surface area contributed by atoms with Gasteiger partial charge in [-0.05, 0) is 78.9 Å². The molecule has 1 aliphatic carbocycles. The number of fused-ring (bicyclic) bond motifs is 1. The fourth-order valence-electron chi connectivity index (χ4n) is 3.71. The Hall–Kier alpha value is -3.65. The molecule has 0 heterocycles. The molecule has 0 spiro atoms. The van der Waals surface area contributed by atoms with Crippen LogP contribution in [0.5, 0.6) is 5.75 Å². The lowest BCUT2D eigenvalue weighted by Gasteiger charge is -2.10. The molecule has 0 amide bonds. The van der Waals surface area contributed by atoms with Gasteiger partial charge in [0.05, 0.1) is 17.6 Å². The SMILES string of the molecule is COc1ccc(NS(=O)(=O)c2cccc(C(=O)OCC(=O)c3ccc4c(c3)CCC4)c2)cc1. The minimum Gasteiger partial charge on any atom is -0.497 e. The van der Waals surface area contributed by atoms with E-state index in [4.69, 9.17) is 9.47 Å². The number of ketones is 1. The largest absolute Gasteiger partial charge is 0.497 e. The molecule has 7 nitrogen and oxygen atoms in total. The van der Waals surface area contributed by atoms with Crippen LogP contribution in [0.4, 0.5) is 5.69 Å². The van der Waals surface area contributed by atoms with Crippen LogP contribution in [-0.4, -0.2) is 33.9 Å². The van der Waals surface area contributed by atoms with Crippen molar-refractivity contribution >= 4 is 27.5 Å². The van der Waals surface area contributed by atoms with Gasteiger partial charge in [-0.2, -0.15) is 0 Å². The zero-order valence-electron chi connectivity index (χ0n) is 18.0. The molecule has 3 aromatic rings. The van der Waals surface area contributed by atoms with E-state index in [9.17, 15) is 18.0 Å². The summed E-state index contributed by atoms with van der Waals surface area (Å²) >= 11 is 0. The molecule has 8 heteroatoms. The first-order valence-corrected chi connectivity index (χ1v) is 11.9. The first-order chi connectivity index (χ1) is 15.9. The number of carbonyl (C=O) groups excluding carboxylic acids is 2. The third-order valence-corrected chi connectivity index (χ3v) is 6.86. The average molecular weight is 466 g/mol. The lowest BCUT2D eigenvalue weighted by Crippen LogP contribution is -2.16. The number of sulfonamides is 1. The Labute approximate surface area is 192 Å². The Morgan fingerprint density at radius 3 is 2.42 bits per heavy atom. The van der Waals surface area contributed by atoms with Crippen molar-refractivity contribution in [1.82, 2.24) is 0 Å². The van der Waals surface area contributed by atoms with E-state index in [0.717, 1.165) is 24.8 Å². The van der Waals surface area contributed by atoms with Gasteiger partial charge in [-0.1, -0.05) is 18.2 Å². The van der Waals surface area contributed by atoms with Gasteiger partial charge in [-0.3, -0.25) is 9.52 Å². The number of ether oxygens (including phenoxy) is 2. The first-order valence-electron chi connectivity index (χ1n) is 10.4. The van der Waals surface area contributed by atoms with E-state index in [-0.39, 0.29) is 16.2 Å². The Kier molecular flexibility index (Phi) is 6.46. The quantitative estimate of drug-likeness (QED) is 0.398. The summed E-state index contributed by atoms with van der Waals surface area (Å²) in [4.78, 5) is 24.8. The standard InChI is InChI=1S/C25H23NO6S/c1-31-22-12-10-21(11-13-22)26-33(29,30)23-7-3-6-20(15-23)25(28)32-16-24(27)19-9-8-17-4-2-5-18(17)14-19/h3,6-15,26H,2,4-5,16H2,1H3. The van der Waals surface area contributed by atoms with Gasteiger partial charge in [0.2, 0.25) is 0 Å². The minimum absolute atomic E-state index is 0.0364. The summed E-state index contributed by atoms with van der Waals surface area (Å²) in [6.45, 7) is -0.418. The minimum atomic E-state index is -3.93. The molecule has 0 saturated carbocycles. The van der Waals surface area contributed by atoms with E-state index in [1.165, 1.54) is 36.9 Å². The van der Waals surface area contributed by atoms with Crippen molar-refractivity contribution in [3.63, 3.8) is 0 Å². The topological polar surface area (TPSA) is 98.8 Å². The van der Waals surface area contributed by atoms with Crippen LogP contribution < -0.4 is 9.46 Å². The number of esters is 1. The van der Waals surface area contributed by atoms with Gasteiger partial charge in [0.1, 0.15) is 5.75 Å². The van der Waals surface area contributed by atoms with Gasteiger partial charge >= 0.3 is 5.97 Å². The molecule has 3 aromatic carbocycles. The molecule has 0 bridgehead atoms. The van der Waals surface area contributed by atoms with Crippen LogP contribution in [0.2, 0.25) is 0 Å². The number of Topliss-reactive ketones (excluding diaryl/α,β-unsaturated/α-hetero) is 1. The second kappa shape index (κ2) is 9.46. The molecule has 170 valence electrons. The Balaban J connectivity index is 1.42. The highest BCUT2D eigenvalue weighted by atomic mass is 32.2. The highest BCUT2D eigenvalue weighted by Crippen LogP contribution is 2.23. The van der Waals surface area contributed by atoms with E-state index in [1.54, 1.807) is 30.3 Å². The summed E-state index contributed by atoms with van der Waals surface area (Å²) in [5.74, 6) is -0.480. The second-order valence-electron chi connectivity index (χ2n) is 7.70. The second-order valence-corrected chi connectivity index (χ2v) is 9.38. The molecule has 1 N–H and O–H groups in total. The van der Waals surface area contributed by atoms with E-state index < -0.39 is 22.6 Å². The zero-order valence-corrected chi connectivity index (χ0v) is 18.9. The Morgan fingerprint density at radius 2 is 1.67 bits per heavy atom. The van der Waals surface area contributed by atoms with Gasteiger partial charge in [-0.25, -0.2) is 13.2 Å². The van der Waals surface area contributed by atoms with E-state index in [1.807, 2.05) is 12.1 Å². The van der Waals surface area contributed by atoms with E-state index >= 15 is 0 Å². The van der Waals surface area contributed by atoms with Crippen molar-refractivity contribution in [2.45, 2.75) is 24.2 Å². The smallest absolute Gasteiger partial charge is 0.338 e. The summed E-state index contributed by atoms with van der Waals surface area (Å²) in [5, 5.41) is 0. The zero-order chi connectivity index (χ0) is 23.4. The van der Waals surface area contributed by atoms with Crippen LogP contribution in [0.25, 0.3) is 0 Å². The maximum Gasteiger partial charge on any atom is 0.338 e. The lowest BCUT2D eigenvalue weighted by molar-refractivity contribution is 0.0474. The number of anilines is 1. The molecule has 0 unspecified atom stereocenters. The third-order valence-electron chi connectivity index (χ3n) is 5.48. The molecule has 33 heavy (non-hydrogen) atoms. The molecule has 0 radical (unpaired) electrons. The van der Waals surface area contributed by atoms with Crippen molar-refractivity contribution in [2.24, 2.45) is 0 Å². The molecule has 0 saturated heterocycles. The average Bonchev–Trinajstić information content (AvgIpc) is 3.30. The predicted molar refractivity (Wildman–Crippen MR) is 123 cm³/mol. The van der Waals surface area contributed by atoms with Gasteiger partial charge < -0.3 is 9.47 Å². The number of carbonyl (C=O) groups is 2. The molecule has 0 aliphatic heterocycles. The lowest BCUT2D eigenvalue weighted by atomic mass is 10.0. The van der Waals surface area contributed by atoms with Crippen LogP contribution in [0.1, 0.15) is 38.3 Å². The molecule has 4 rings (SSSR count). The van der Waals surface area contributed by atoms with Crippen molar-refractivity contribution in [3.8, 4) is 5.75 Å². The van der Waals surface area contributed by atoms with E-state index in [2.05, 4.69) is 4.72 Å². The summed E-state index contributed by atoms with van der Waals surface area (Å²) in [6, 6.07) is 17.4. The van der Waals surface area contributed by atoms with Crippen LogP contribution in [0.3, 0.4) is 0 Å². The normalized spacial score (nSPS) is 12.6. The summed E-state index contributed by atoms with van der Waals surface area (Å²) in [7, 11) is -2.42. The molecule has 0 aromatic heterocycles. The molecule has 0 fully saturated rings. The molecular formula is C25H23NO6S.